The molecule has 0 spiro atoms. The SMILES string of the molecule is CC(C)C[C@H](N)C(=O)N[C@@H](Cc1ccc(O)cc1)C(=O)N[C@@H](Cc1ccccc1)C(=O)N[C@H](C(=O)N[C@@H](CCCCN)C(=O)N[C@H](C(=O)N[C@@H](CC(=O)O)C(=O)N[C@H](C(=O)N[C@H](C(=O)NCC(=O)N[C@@H](C)C(=O)N[C@@H](Cc1ccc(O)cc1)C(=O)N[C@@H](CC(=O)O)C(=O)N[C@H](C(=O)O)[C@@H](C)O)[C@@H](C)O)C(C)C)C(C)C)C(C)C. The summed E-state index contributed by atoms with van der Waals surface area (Å²) < 4.78 is 0. The molecule has 0 aliphatic heterocycles. The van der Waals surface area contributed by atoms with Gasteiger partial charge in [0.25, 0.3) is 0 Å². The molecule has 113 heavy (non-hydrogen) atoms. The van der Waals surface area contributed by atoms with Crippen LogP contribution in [0.4, 0.5) is 0 Å². The van der Waals surface area contributed by atoms with Crippen molar-refractivity contribution in [2.75, 3.05) is 13.1 Å². The number of unbranched alkanes of at least 4 members (excludes halogenated alkanes) is 1. The molecule has 0 saturated carbocycles. The number of hydrogen-bond donors (Lipinski definition) is 22. The molecule has 13 amide bonds. The molecule has 0 aliphatic rings. The third-order valence-electron chi connectivity index (χ3n) is 17.6. The van der Waals surface area contributed by atoms with Crippen molar-refractivity contribution in [3.8, 4) is 11.5 Å². The van der Waals surface area contributed by atoms with E-state index in [-0.39, 0.29) is 56.1 Å². The third-order valence-corrected chi connectivity index (χ3v) is 17.6. The molecule has 0 unspecified atom stereocenters. The second-order valence-electron chi connectivity index (χ2n) is 29.0. The molecule has 38 nitrogen and oxygen atoms in total. The standard InChI is InChI=1S/C75H111N15O23/c1-36(2)29-48(77)64(101)82-51(32-45-22-26-47(94)27-23-45)67(104)83-52(30-43-17-13-12-14-18-43)68(105)87-58(37(3)4)72(109)80-49(19-15-16-28-76)65(102)86-59(38(5)6)73(110)85-54(34-57(98)99)69(106)88-60(39(7)8)74(111)89-61(41(10)91)71(108)78-35-55(95)79-40(9)63(100)81-50(31-44-20-24-46(93)25-21-44)66(103)84-53(33-56(96)97)70(107)90-62(42(11)92)75(112)113/h12-14,17-18,20-27,36-42,48-54,58-62,91-94H,15-16,19,28-35,76-77H2,1-11H3,(H,78,108)(H,79,95)(H,80,109)(H,81,100)(H,82,101)(H,83,104)(H,84,103)(H,85,110)(H,86,102)(H,87,105)(H,88,106)(H,89,111)(H,90,107)(H,96,97)(H,98,99)(H,112,113)/t40-,41+,42+,48-,49-,50-,51-,52-,53-,54-,58-,59-,60-,61-,62-/m0/s1. The first-order chi connectivity index (χ1) is 52.9. The van der Waals surface area contributed by atoms with Crippen LogP contribution in [0.5, 0.6) is 11.5 Å². The van der Waals surface area contributed by atoms with Crippen molar-refractivity contribution in [2.24, 2.45) is 35.1 Å². The Hall–Kier alpha value is -11.4. The highest BCUT2D eigenvalue weighted by Gasteiger charge is 2.40. The normalized spacial score (nSPS) is 15.2. The Balaban J connectivity index is 1.81. The summed E-state index contributed by atoms with van der Waals surface area (Å²) in [5.74, 6) is -20.9. The number of carbonyl (C=O) groups excluding carboxylic acids is 13. The average Bonchev–Trinajstić information content (AvgIpc) is 0.836. The number of aliphatic hydroxyl groups is 2. The lowest BCUT2D eigenvalue weighted by molar-refractivity contribution is -0.146. The van der Waals surface area contributed by atoms with Gasteiger partial charge in [-0.3, -0.25) is 71.9 Å². The number of nitrogens with one attached hydrogen (secondary N) is 13. The summed E-state index contributed by atoms with van der Waals surface area (Å²) in [5.41, 5.74) is 13.5. The Morgan fingerprint density at radius 1 is 0.363 bits per heavy atom. The van der Waals surface area contributed by atoms with E-state index in [1.165, 1.54) is 64.1 Å². The third kappa shape index (κ3) is 33.6. The van der Waals surface area contributed by atoms with Gasteiger partial charge >= 0.3 is 17.9 Å². The largest absolute Gasteiger partial charge is 0.508 e. The van der Waals surface area contributed by atoms with Gasteiger partial charge in [-0.1, -0.05) is 110 Å². The smallest absolute Gasteiger partial charge is 0.328 e. The number of benzene rings is 3. The predicted octanol–water partition coefficient (Wildman–Crippen LogP) is -3.65. The number of hydrogen-bond acceptors (Lipinski definition) is 22. The van der Waals surface area contributed by atoms with Gasteiger partial charge in [0.1, 0.15) is 78.0 Å². The van der Waals surface area contributed by atoms with Crippen molar-refractivity contribution >= 4 is 94.7 Å². The van der Waals surface area contributed by atoms with Gasteiger partial charge in [0.15, 0.2) is 6.04 Å². The Morgan fingerprint density at radius 3 is 1.09 bits per heavy atom. The quantitative estimate of drug-likeness (QED) is 0.0242. The van der Waals surface area contributed by atoms with Crippen LogP contribution in [0.25, 0.3) is 0 Å². The molecule has 24 N–H and O–H groups in total. The molecule has 38 heteroatoms. The van der Waals surface area contributed by atoms with Gasteiger partial charge in [-0.25, -0.2) is 4.79 Å². The number of aliphatic hydroxyl groups excluding tert-OH is 2. The molecule has 15 atom stereocenters. The first-order valence-electron chi connectivity index (χ1n) is 36.9. The van der Waals surface area contributed by atoms with Gasteiger partial charge in [0.2, 0.25) is 76.8 Å². The average molecular weight is 1590 g/mol. The van der Waals surface area contributed by atoms with Crippen LogP contribution >= 0.6 is 0 Å². The van der Waals surface area contributed by atoms with Crippen LogP contribution in [0, 0.1) is 23.7 Å². The number of amides is 13. The second-order valence-corrected chi connectivity index (χ2v) is 29.0. The van der Waals surface area contributed by atoms with Crippen molar-refractivity contribution in [1.29, 1.82) is 0 Å². The van der Waals surface area contributed by atoms with Crippen LogP contribution in [-0.4, -0.2) is 234 Å². The maximum atomic E-state index is 14.6. The zero-order valence-electron chi connectivity index (χ0n) is 65.1. The van der Waals surface area contributed by atoms with Crippen LogP contribution in [0.3, 0.4) is 0 Å². The molecule has 0 radical (unpaired) electrons. The van der Waals surface area contributed by atoms with Gasteiger partial charge in [-0.15, -0.1) is 0 Å². The summed E-state index contributed by atoms with van der Waals surface area (Å²) in [6, 6.07) is -0.941. The van der Waals surface area contributed by atoms with E-state index in [0.29, 0.717) is 29.5 Å². The van der Waals surface area contributed by atoms with Gasteiger partial charge in [0.05, 0.1) is 37.6 Å². The van der Waals surface area contributed by atoms with Crippen LogP contribution in [0.15, 0.2) is 78.9 Å². The van der Waals surface area contributed by atoms with Gasteiger partial charge in [-0.05, 0) is 118 Å². The van der Waals surface area contributed by atoms with Crippen LogP contribution in [-0.2, 0) is 96.0 Å². The fraction of sp³-hybridized carbons (Fsp3) is 0.547. The number of nitrogens with two attached hydrogens (primary N) is 2. The Morgan fingerprint density at radius 2 is 0.699 bits per heavy atom. The molecule has 3 rings (SSSR count). The molecule has 3 aromatic carbocycles. The van der Waals surface area contributed by atoms with E-state index in [0.717, 1.165) is 20.8 Å². The number of carbonyl (C=O) groups is 16. The van der Waals surface area contributed by atoms with Crippen molar-refractivity contribution < 1.29 is 112 Å². The number of rotatable bonds is 48. The summed E-state index contributed by atoms with van der Waals surface area (Å²) in [5, 5.41) is 101. The summed E-state index contributed by atoms with van der Waals surface area (Å²) in [4.78, 5) is 217. The molecule has 0 bridgehead atoms. The number of aromatic hydroxyl groups is 2. The molecule has 0 aromatic heterocycles. The predicted molar refractivity (Wildman–Crippen MR) is 406 cm³/mol. The lowest BCUT2D eigenvalue weighted by Gasteiger charge is -2.30. The lowest BCUT2D eigenvalue weighted by atomic mass is 9.98. The molecular weight excluding hydrogens is 1480 g/mol. The summed E-state index contributed by atoms with van der Waals surface area (Å²) in [6.07, 6.45) is -5.34. The number of carboxylic acid groups (broad SMARTS) is 3. The highest BCUT2D eigenvalue weighted by molar-refractivity contribution is 6.01. The van der Waals surface area contributed by atoms with Crippen molar-refractivity contribution in [3.63, 3.8) is 0 Å². The van der Waals surface area contributed by atoms with E-state index in [1.807, 2.05) is 19.2 Å². The number of aliphatic carboxylic acids is 3. The second kappa shape index (κ2) is 47.1. The summed E-state index contributed by atoms with van der Waals surface area (Å²) in [7, 11) is 0. The summed E-state index contributed by atoms with van der Waals surface area (Å²) >= 11 is 0. The number of phenolic OH excluding ortho intramolecular Hbond substituents is 2. The maximum Gasteiger partial charge on any atom is 0.328 e. The molecule has 0 fully saturated rings. The van der Waals surface area contributed by atoms with E-state index in [9.17, 15) is 112 Å². The van der Waals surface area contributed by atoms with Gasteiger partial charge in [0, 0.05) is 19.3 Å². The van der Waals surface area contributed by atoms with E-state index in [1.54, 1.807) is 56.3 Å². The highest BCUT2D eigenvalue weighted by Crippen LogP contribution is 2.17. The highest BCUT2D eigenvalue weighted by atomic mass is 16.4. The Labute approximate surface area is 653 Å². The Bertz CT molecular complexity index is 3750. The maximum absolute atomic E-state index is 14.6. The minimum Gasteiger partial charge on any atom is -0.508 e. The molecule has 3 aromatic rings. The summed E-state index contributed by atoms with van der Waals surface area (Å²) in [6.45, 7) is 15.3. The monoisotopic (exact) mass is 1590 g/mol. The molecule has 0 saturated heterocycles. The van der Waals surface area contributed by atoms with E-state index in [2.05, 4.69) is 63.8 Å². The number of phenols is 2. The topological polar surface area (TPSA) is 623 Å². The lowest BCUT2D eigenvalue weighted by Crippen LogP contribution is -2.62. The molecule has 0 aliphatic carbocycles. The zero-order chi connectivity index (χ0) is 85.3. The fourth-order valence-corrected chi connectivity index (χ4v) is 11.3. The van der Waals surface area contributed by atoms with Crippen molar-refractivity contribution in [1.82, 2.24) is 69.1 Å². The van der Waals surface area contributed by atoms with Crippen molar-refractivity contribution in [2.45, 2.75) is 225 Å². The van der Waals surface area contributed by atoms with Gasteiger partial charge in [-0.2, -0.15) is 0 Å². The Kier molecular flexibility index (Phi) is 39.9. The number of carboxylic acids is 3. The van der Waals surface area contributed by atoms with Gasteiger partial charge < -0.3 is 116 Å². The fourth-order valence-electron chi connectivity index (χ4n) is 11.3. The minimum atomic E-state index is -1.97. The van der Waals surface area contributed by atoms with Crippen LogP contribution < -0.4 is 80.6 Å². The first kappa shape index (κ1) is 95.8. The zero-order valence-corrected chi connectivity index (χ0v) is 65.1. The minimum absolute atomic E-state index is 0.0245. The van der Waals surface area contributed by atoms with Crippen molar-refractivity contribution in [3.05, 3.63) is 95.6 Å². The first-order valence-corrected chi connectivity index (χ1v) is 36.9. The van der Waals surface area contributed by atoms with E-state index < -0.39 is 223 Å². The van der Waals surface area contributed by atoms with Crippen LogP contribution in [0.2, 0.25) is 0 Å². The molecule has 0 heterocycles. The van der Waals surface area contributed by atoms with Crippen LogP contribution in [0.1, 0.15) is 131 Å². The van der Waals surface area contributed by atoms with E-state index in [4.69, 9.17) is 11.5 Å². The molecular formula is C75H111N15O23. The van der Waals surface area contributed by atoms with E-state index >= 15 is 0 Å². The molecule has 624 valence electrons.